The third-order valence-electron chi connectivity index (χ3n) is 6.98. The van der Waals surface area contributed by atoms with Gasteiger partial charge in [-0.3, -0.25) is 4.79 Å². The molecular weight excluding hydrogens is 308 g/mol. The minimum Gasteiger partial charge on any atom is -0.458 e. The Labute approximate surface area is 142 Å². The Morgan fingerprint density at radius 3 is 2.75 bits per heavy atom. The van der Waals surface area contributed by atoms with Crippen LogP contribution in [0.4, 0.5) is 0 Å². The summed E-state index contributed by atoms with van der Waals surface area (Å²) >= 11 is 0. The molecule has 3 unspecified atom stereocenters. The molecule has 1 spiro atoms. The predicted molar refractivity (Wildman–Crippen MR) is 86.3 cm³/mol. The van der Waals surface area contributed by atoms with Gasteiger partial charge in [-0.1, -0.05) is 19.9 Å². The van der Waals surface area contributed by atoms with Gasteiger partial charge in [0.2, 0.25) is 0 Å². The molecule has 2 aliphatic carbocycles. The van der Waals surface area contributed by atoms with E-state index in [1.165, 1.54) is 6.08 Å². The van der Waals surface area contributed by atoms with E-state index in [4.69, 9.17) is 14.2 Å². The van der Waals surface area contributed by atoms with Crippen LogP contribution in [0.2, 0.25) is 0 Å². The maximum atomic E-state index is 12.5. The maximum Gasteiger partial charge on any atom is 0.330 e. The highest BCUT2D eigenvalue weighted by Crippen LogP contribution is 2.71. The summed E-state index contributed by atoms with van der Waals surface area (Å²) < 4.78 is 18.1. The molecule has 0 radical (unpaired) electrons. The Hall–Kier alpha value is -1.46. The van der Waals surface area contributed by atoms with Crippen molar-refractivity contribution in [1.29, 1.82) is 0 Å². The van der Waals surface area contributed by atoms with Crippen LogP contribution >= 0.6 is 0 Å². The minimum absolute atomic E-state index is 0.0961. The summed E-state index contributed by atoms with van der Waals surface area (Å²) in [7, 11) is 0. The summed E-state index contributed by atoms with van der Waals surface area (Å²) in [5.41, 5.74) is -0.569. The molecule has 0 aromatic heterocycles. The number of ketones is 1. The Morgan fingerprint density at radius 2 is 2.12 bits per heavy atom. The number of ether oxygens (including phenoxy) is 3. The van der Waals surface area contributed by atoms with Crippen LogP contribution in [0.5, 0.6) is 0 Å². The summed E-state index contributed by atoms with van der Waals surface area (Å²) in [4.78, 5) is 24.5. The van der Waals surface area contributed by atoms with Crippen molar-refractivity contribution in [2.45, 2.75) is 64.4 Å². The first-order chi connectivity index (χ1) is 11.3. The first kappa shape index (κ1) is 16.0. The predicted octanol–water partition coefficient (Wildman–Crippen LogP) is 2.35. The van der Waals surface area contributed by atoms with Crippen molar-refractivity contribution in [2.75, 3.05) is 6.61 Å². The molecule has 0 aromatic rings. The van der Waals surface area contributed by atoms with Gasteiger partial charge in [0.05, 0.1) is 18.8 Å². The number of carbonyl (C=O) groups is 2. The Balaban J connectivity index is 1.78. The average molecular weight is 332 g/mol. The first-order valence-corrected chi connectivity index (χ1v) is 8.63. The number of esters is 1. The molecule has 2 heterocycles. The summed E-state index contributed by atoms with van der Waals surface area (Å²) in [5, 5.41) is 0. The van der Waals surface area contributed by atoms with Crippen molar-refractivity contribution < 1.29 is 23.8 Å². The highest BCUT2D eigenvalue weighted by Gasteiger charge is 2.82. The van der Waals surface area contributed by atoms with Crippen LogP contribution < -0.4 is 0 Å². The quantitative estimate of drug-likeness (QED) is 0.441. The van der Waals surface area contributed by atoms with Gasteiger partial charge in [-0.15, -0.1) is 0 Å². The number of fused-ring (bicyclic) bond motifs is 2. The van der Waals surface area contributed by atoms with Crippen LogP contribution in [0.15, 0.2) is 23.8 Å². The molecule has 3 fully saturated rings. The van der Waals surface area contributed by atoms with E-state index in [9.17, 15) is 9.59 Å². The number of allylic oxidation sites excluding steroid dienone is 2. The molecule has 0 amide bonds. The van der Waals surface area contributed by atoms with Crippen molar-refractivity contribution in [1.82, 2.24) is 0 Å². The van der Waals surface area contributed by atoms with Crippen LogP contribution in [0.1, 0.15) is 40.5 Å². The third-order valence-corrected chi connectivity index (χ3v) is 6.98. The van der Waals surface area contributed by atoms with E-state index in [-0.39, 0.29) is 30.1 Å². The third kappa shape index (κ3) is 1.72. The SMILES string of the molecule is C/C=C/C(=O)O[C@H]1C[C@@H]2OC3C=C(C)C(=O)CC3(C)[C@@]1(C)C21CO1. The van der Waals surface area contributed by atoms with E-state index >= 15 is 0 Å². The number of epoxide rings is 1. The zero-order valence-corrected chi connectivity index (χ0v) is 14.6. The lowest BCUT2D eigenvalue weighted by atomic mass is 9.52. The Morgan fingerprint density at radius 1 is 1.42 bits per heavy atom. The number of carbonyl (C=O) groups excluding carboxylic acids is 2. The number of Topliss-reactive ketones (excluding diaryl/α,β-unsaturated/α-hetero) is 1. The zero-order valence-electron chi connectivity index (χ0n) is 14.6. The van der Waals surface area contributed by atoms with Crippen LogP contribution in [0.3, 0.4) is 0 Å². The van der Waals surface area contributed by atoms with Crippen molar-refractivity contribution in [3.63, 3.8) is 0 Å². The molecule has 4 rings (SSSR count). The van der Waals surface area contributed by atoms with Gasteiger partial charge in [0.15, 0.2) is 5.78 Å². The molecule has 0 aromatic carbocycles. The van der Waals surface area contributed by atoms with Gasteiger partial charge in [-0.25, -0.2) is 4.79 Å². The Bertz CT molecular complexity index is 673. The summed E-state index contributed by atoms with van der Waals surface area (Å²) in [5.74, 6) is -0.209. The van der Waals surface area contributed by atoms with E-state index in [0.717, 1.165) is 5.57 Å². The second-order valence-corrected chi connectivity index (χ2v) is 7.95. The lowest BCUT2D eigenvalue weighted by molar-refractivity contribution is -0.208. The van der Waals surface area contributed by atoms with Crippen molar-refractivity contribution in [3.05, 3.63) is 23.8 Å². The van der Waals surface area contributed by atoms with Gasteiger partial charge < -0.3 is 14.2 Å². The second kappa shape index (κ2) is 4.79. The highest BCUT2D eigenvalue weighted by atomic mass is 16.6. The van der Waals surface area contributed by atoms with Gasteiger partial charge in [-0.05, 0) is 25.5 Å². The monoisotopic (exact) mass is 332 g/mol. The second-order valence-electron chi connectivity index (χ2n) is 7.95. The fourth-order valence-corrected chi connectivity index (χ4v) is 5.21. The highest BCUT2D eigenvalue weighted by molar-refractivity contribution is 5.96. The molecule has 6 atom stereocenters. The molecule has 5 nitrogen and oxygen atoms in total. The van der Waals surface area contributed by atoms with Crippen molar-refractivity contribution in [3.8, 4) is 0 Å². The van der Waals surface area contributed by atoms with Gasteiger partial charge in [0.1, 0.15) is 11.7 Å². The molecule has 130 valence electrons. The van der Waals surface area contributed by atoms with Crippen LogP contribution in [-0.2, 0) is 23.8 Å². The average Bonchev–Trinajstić information content (AvgIpc) is 3.27. The van der Waals surface area contributed by atoms with Crippen molar-refractivity contribution >= 4 is 11.8 Å². The number of rotatable bonds is 2. The number of hydrogen-bond acceptors (Lipinski definition) is 5. The van der Waals surface area contributed by atoms with E-state index < -0.39 is 16.4 Å². The van der Waals surface area contributed by atoms with Crippen molar-refractivity contribution in [2.24, 2.45) is 10.8 Å². The lowest BCUT2D eigenvalue weighted by Gasteiger charge is -2.56. The fourth-order valence-electron chi connectivity index (χ4n) is 5.21. The maximum absolute atomic E-state index is 12.5. The molecule has 5 heteroatoms. The molecule has 1 saturated carbocycles. The topological polar surface area (TPSA) is 65.1 Å². The molecule has 2 bridgehead atoms. The number of hydrogen-bond donors (Lipinski definition) is 0. The minimum atomic E-state index is -0.450. The zero-order chi connectivity index (χ0) is 17.3. The molecule has 0 N–H and O–H groups in total. The smallest absolute Gasteiger partial charge is 0.330 e. The molecule has 2 aliphatic heterocycles. The van der Waals surface area contributed by atoms with Gasteiger partial charge in [-0.2, -0.15) is 0 Å². The van der Waals surface area contributed by atoms with Crippen LogP contribution in [-0.4, -0.2) is 42.3 Å². The first-order valence-electron chi connectivity index (χ1n) is 8.63. The summed E-state index contributed by atoms with van der Waals surface area (Å²) in [6, 6.07) is 0. The molecule has 24 heavy (non-hydrogen) atoms. The fraction of sp³-hybridized carbons (Fsp3) is 0.684. The van der Waals surface area contributed by atoms with E-state index in [1.807, 2.05) is 13.0 Å². The van der Waals surface area contributed by atoms with Gasteiger partial charge >= 0.3 is 5.97 Å². The van der Waals surface area contributed by atoms with Crippen LogP contribution in [0, 0.1) is 10.8 Å². The standard InChI is InChI=1S/C19H24O5/c1-5-6-16(21)24-14-8-15-19(10-22-19)18(14,4)17(3)9-12(20)11(2)7-13(17)23-15/h5-7,13-15H,8-10H2,1-4H3/b6-5+/t13?,14-,15-,17?,18-,19?/m0/s1. The van der Waals surface area contributed by atoms with E-state index in [1.54, 1.807) is 13.0 Å². The molecule has 4 aliphatic rings. The Kier molecular flexibility index (Phi) is 3.20. The molecule has 2 saturated heterocycles. The normalized spacial score (nSPS) is 49.2. The van der Waals surface area contributed by atoms with Crippen LogP contribution in [0.25, 0.3) is 0 Å². The van der Waals surface area contributed by atoms with Gasteiger partial charge in [0, 0.05) is 29.7 Å². The summed E-state index contributed by atoms with van der Waals surface area (Å²) in [6.07, 6.45) is 5.51. The van der Waals surface area contributed by atoms with E-state index in [0.29, 0.717) is 19.4 Å². The van der Waals surface area contributed by atoms with E-state index in [2.05, 4.69) is 13.8 Å². The lowest BCUT2D eigenvalue weighted by Crippen LogP contribution is -2.64. The largest absolute Gasteiger partial charge is 0.458 e. The molecular formula is C19H24O5. The summed E-state index contributed by atoms with van der Waals surface area (Å²) in [6.45, 7) is 8.43. The van der Waals surface area contributed by atoms with Gasteiger partial charge in [0.25, 0.3) is 0 Å².